The van der Waals surface area contributed by atoms with Crippen LogP contribution in [0.1, 0.15) is 28.4 Å². The van der Waals surface area contributed by atoms with E-state index >= 15 is 0 Å². The highest BCUT2D eigenvalue weighted by Gasteiger charge is 2.34. The van der Waals surface area contributed by atoms with Crippen LogP contribution in [-0.4, -0.2) is 23.8 Å². The van der Waals surface area contributed by atoms with E-state index in [2.05, 4.69) is 10.6 Å². The van der Waals surface area contributed by atoms with Crippen LogP contribution in [0.5, 0.6) is 0 Å². The fourth-order valence-corrected chi connectivity index (χ4v) is 2.63. The van der Waals surface area contributed by atoms with Crippen LogP contribution in [0.2, 0.25) is 0 Å². The van der Waals surface area contributed by atoms with Gasteiger partial charge in [0.05, 0.1) is 16.8 Å². The third kappa shape index (κ3) is 5.32. The van der Waals surface area contributed by atoms with Crippen molar-refractivity contribution in [2.24, 2.45) is 5.73 Å². The standard InChI is InChI=1S/C19H18F3N3O3/c1-11(26)24-15-9-5-3-7-13(15)18(28)25-16(17(23)27)10-12-6-2-4-8-14(12)19(20,21)22/h2-9,16H,10H2,1H3,(H2,23,27)(H,24,26)(H,25,28)/t16-/m0/s1. The zero-order valence-corrected chi connectivity index (χ0v) is 14.8. The van der Waals surface area contributed by atoms with Crippen molar-refractivity contribution in [3.63, 3.8) is 0 Å². The number of primary amides is 1. The fourth-order valence-electron chi connectivity index (χ4n) is 2.63. The number of rotatable bonds is 6. The molecule has 0 aliphatic heterocycles. The number of para-hydroxylation sites is 1. The summed E-state index contributed by atoms with van der Waals surface area (Å²) in [6.45, 7) is 1.26. The lowest BCUT2D eigenvalue weighted by molar-refractivity contribution is -0.138. The van der Waals surface area contributed by atoms with Crippen molar-refractivity contribution in [1.82, 2.24) is 5.32 Å². The van der Waals surface area contributed by atoms with Crippen molar-refractivity contribution < 1.29 is 27.6 Å². The molecule has 0 unspecified atom stereocenters. The molecule has 2 rings (SSSR count). The van der Waals surface area contributed by atoms with Gasteiger partial charge in [0.15, 0.2) is 0 Å². The second-order valence-corrected chi connectivity index (χ2v) is 6.01. The Balaban J connectivity index is 2.27. The average Bonchev–Trinajstić information content (AvgIpc) is 2.60. The van der Waals surface area contributed by atoms with Gasteiger partial charge in [-0.3, -0.25) is 14.4 Å². The number of carbonyl (C=O) groups excluding carboxylic acids is 3. The molecular weight excluding hydrogens is 375 g/mol. The lowest BCUT2D eigenvalue weighted by atomic mass is 9.99. The molecule has 0 aliphatic carbocycles. The Morgan fingerprint density at radius 3 is 2.25 bits per heavy atom. The zero-order chi connectivity index (χ0) is 20.9. The van der Waals surface area contributed by atoms with Gasteiger partial charge >= 0.3 is 6.18 Å². The molecular formula is C19H18F3N3O3. The minimum atomic E-state index is -4.61. The summed E-state index contributed by atoms with van der Waals surface area (Å²) in [4.78, 5) is 35.6. The molecule has 6 nitrogen and oxygen atoms in total. The molecule has 9 heteroatoms. The molecule has 0 saturated carbocycles. The Labute approximate surface area is 158 Å². The van der Waals surface area contributed by atoms with E-state index in [9.17, 15) is 27.6 Å². The van der Waals surface area contributed by atoms with Gasteiger partial charge in [0.25, 0.3) is 5.91 Å². The van der Waals surface area contributed by atoms with Gasteiger partial charge in [0.1, 0.15) is 6.04 Å². The first-order valence-electron chi connectivity index (χ1n) is 8.21. The number of alkyl halides is 3. The summed E-state index contributed by atoms with van der Waals surface area (Å²) in [6, 6.07) is 9.38. The van der Waals surface area contributed by atoms with E-state index in [4.69, 9.17) is 5.73 Å². The Kier molecular flexibility index (Phi) is 6.40. The van der Waals surface area contributed by atoms with Crippen LogP contribution >= 0.6 is 0 Å². The predicted molar refractivity (Wildman–Crippen MR) is 96.3 cm³/mol. The molecule has 0 radical (unpaired) electrons. The molecule has 0 heterocycles. The van der Waals surface area contributed by atoms with E-state index < -0.39 is 41.9 Å². The van der Waals surface area contributed by atoms with Crippen molar-refractivity contribution in [3.05, 3.63) is 65.2 Å². The first-order valence-corrected chi connectivity index (χ1v) is 8.21. The molecule has 0 aromatic heterocycles. The number of hydrogen-bond donors (Lipinski definition) is 3. The predicted octanol–water partition coefficient (Wildman–Crippen LogP) is 2.49. The highest BCUT2D eigenvalue weighted by molar-refractivity contribution is 6.04. The molecule has 4 N–H and O–H groups in total. The van der Waals surface area contributed by atoms with Gasteiger partial charge < -0.3 is 16.4 Å². The molecule has 3 amide bonds. The van der Waals surface area contributed by atoms with Crippen LogP contribution < -0.4 is 16.4 Å². The fraction of sp³-hybridized carbons (Fsp3) is 0.211. The molecule has 1 atom stereocenters. The molecule has 0 saturated heterocycles. The van der Waals surface area contributed by atoms with Crippen molar-refractivity contribution in [1.29, 1.82) is 0 Å². The summed E-state index contributed by atoms with van der Waals surface area (Å²) in [5.41, 5.74) is 4.45. The second kappa shape index (κ2) is 8.55. The minimum Gasteiger partial charge on any atom is -0.368 e. The lowest BCUT2D eigenvalue weighted by Gasteiger charge is -2.19. The quantitative estimate of drug-likeness (QED) is 0.703. The third-order valence-electron chi connectivity index (χ3n) is 3.88. The molecule has 148 valence electrons. The van der Waals surface area contributed by atoms with Crippen LogP contribution in [-0.2, 0) is 22.2 Å². The average molecular weight is 393 g/mol. The van der Waals surface area contributed by atoms with E-state index in [1.807, 2.05) is 0 Å². The zero-order valence-electron chi connectivity index (χ0n) is 14.8. The topological polar surface area (TPSA) is 101 Å². The first kappa shape index (κ1) is 20.9. The Bertz CT molecular complexity index is 897. The summed E-state index contributed by atoms with van der Waals surface area (Å²) < 4.78 is 39.5. The largest absolute Gasteiger partial charge is 0.416 e. The van der Waals surface area contributed by atoms with Crippen LogP contribution in [0.3, 0.4) is 0 Å². The summed E-state index contributed by atoms with van der Waals surface area (Å²) in [6.07, 6.45) is -5.04. The summed E-state index contributed by atoms with van der Waals surface area (Å²) in [5.74, 6) is -2.15. The smallest absolute Gasteiger partial charge is 0.368 e. The summed E-state index contributed by atoms with van der Waals surface area (Å²) in [7, 11) is 0. The molecule has 28 heavy (non-hydrogen) atoms. The molecule has 0 spiro atoms. The molecule has 2 aromatic rings. The molecule has 2 aromatic carbocycles. The van der Waals surface area contributed by atoms with Crippen LogP contribution in [0.25, 0.3) is 0 Å². The number of benzene rings is 2. The van der Waals surface area contributed by atoms with E-state index in [0.717, 1.165) is 6.07 Å². The Morgan fingerprint density at radius 1 is 1.04 bits per heavy atom. The number of nitrogens with two attached hydrogens (primary N) is 1. The summed E-state index contributed by atoms with van der Waals surface area (Å²) in [5, 5.41) is 4.81. The van der Waals surface area contributed by atoms with E-state index in [-0.39, 0.29) is 16.8 Å². The number of amides is 3. The van der Waals surface area contributed by atoms with Crippen molar-refractivity contribution in [3.8, 4) is 0 Å². The van der Waals surface area contributed by atoms with Gasteiger partial charge in [0, 0.05) is 13.3 Å². The first-order chi connectivity index (χ1) is 13.1. The van der Waals surface area contributed by atoms with Crippen LogP contribution in [0.4, 0.5) is 18.9 Å². The minimum absolute atomic E-state index is 0.0491. The Morgan fingerprint density at radius 2 is 1.64 bits per heavy atom. The van der Waals surface area contributed by atoms with Gasteiger partial charge in [-0.2, -0.15) is 13.2 Å². The highest BCUT2D eigenvalue weighted by Crippen LogP contribution is 2.32. The van der Waals surface area contributed by atoms with Gasteiger partial charge in [-0.15, -0.1) is 0 Å². The highest BCUT2D eigenvalue weighted by atomic mass is 19.4. The van der Waals surface area contributed by atoms with Gasteiger partial charge in [-0.05, 0) is 23.8 Å². The number of hydrogen-bond acceptors (Lipinski definition) is 3. The Hall–Kier alpha value is -3.36. The molecule has 0 aliphatic rings. The lowest BCUT2D eigenvalue weighted by Crippen LogP contribution is -2.46. The molecule has 0 bridgehead atoms. The number of anilines is 1. The van der Waals surface area contributed by atoms with Crippen molar-refractivity contribution in [2.45, 2.75) is 25.6 Å². The van der Waals surface area contributed by atoms with Crippen LogP contribution in [0.15, 0.2) is 48.5 Å². The normalized spacial score (nSPS) is 12.1. The monoisotopic (exact) mass is 393 g/mol. The van der Waals surface area contributed by atoms with Crippen molar-refractivity contribution >= 4 is 23.4 Å². The van der Waals surface area contributed by atoms with Gasteiger partial charge in [-0.1, -0.05) is 30.3 Å². The van der Waals surface area contributed by atoms with Gasteiger partial charge in [0.2, 0.25) is 11.8 Å². The maximum absolute atomic E-state index is 13.2. The number of carbonyl (C=O) groups is 3. The third-order valence-corrected chi connectivity index (χ3v) is 3.88. The van der Waals surface area contributed by atoms with Crippen molar-refractivity contribution in [2.75, 3.05) is 5.32 Å². The van der Waals surface area contributed by atoms with Crippen LogP contribution in [0, 0.1) is 0 Å². The molecule has 0 fully saturated rings. The maximum Gasteiger partial charge on any atom is 0.416 e. The van der Waals surface area contributed by atoms with Gasteiger partial charge in [-0.25, -0.2) is 0 Å². The second-order valence-electron chi connectivity index (χ2n) is 6.01. The van der Waals surface area contributed by atoms with E-state index in [0.29, 0.717) is 0 Å². The maximum atomic E-state index is 13.2. The summed E-state index contributed by atoms with van der Waals surface area (Å²) >= 11 is 0. The van der Waals surface area contributed by atoms with E-state index in [1.54, 1.807) is 12.1 Å². The van der Waals surface area contributed by atoms with E-state index in [1.165, 1.54) is 37.3 Å². The SMILES string of the molecule is CC(=O)Nc1ccccc1C(=O)N[C@@H](Cc1ccccc1C(F)(F)F)C(N)=O. The number of nitrogens with one attached hydrogen (secondary N) is 2. The number of halogens is 3.